The molecule has 0 radical (unpaired) electrons. The first kappa shape index (κ1) is 17.8. The normalized spacial score (nSPS) is 10.6. The number of rotatable bonds is 4. The summed E-state index contributed by atoms with van der Waals surface area (Å²) < 4.78 is 19.0. The van der Waals surface area contributed by atoms with Gasteiger partial charge in [-0.15, -0.1) is 11.3 Å². The number of hydrogen-bond acceptors (Lipinski definition) is 4. The first-order valence-electron chi connectivity index (χ1n) is 7.04. The van der Waals surface area contributed by atoms with Gasteiger partial charge in [-0.1, -0.05) is 11.6 Å². The maximum Gasteiger partial charge on any atom is 0.258 e. The number of methoxy groups -OCH3 is 1. The molecule has 0 unspecified atom stereocenters. The van der Waals surface area contributed by atoms with E-state index < -0.39 is 11.7 Å². The summed E-state index contributed by atoms with van der Waals surface area (Å²) in [6, 6.07) is 9.24. The van der Waals surface area contributed by atoms with Crippen molar-refractivity contribution >= 4 is 49.9 Å². The summed E-state index contributed by atoms with van der Waals surface area (Å²) >= 11 is 10.6. The molecule has 0 aliphatic rings. The minimum Gasteiger partial charge on any atom is -0.495 e. The van der Waals surface area contributed by atoms with E-state index in [1.54, 1.807) is 24.6 Å². The summed E-state index contributed by atoms with van der Waals surface area (Å²) in [5.74, 6) is -0.355. The average Bonchev–Trinajstić information content (AvgIpc) is 3.05. The fourth-order valence-corrected chi connectivity index (χ4v) is 3.52. The van der Waals surface area contributed by atoms with Crippen molar-refractivity contribution in [1.29, 1.82) is 0 Å². The number of amides is 1. The Labute approximate surface area is 160 Å². The lowest BCUT2D eigenvalue weighted by molar-refractivity contribution is 0.102. The highest BCUT2D eigenvalue weighted by atomic mass is 79.9. The molecule has 8 heteroatoms. The number of carbonyl (C=O) groups is 1. The van der Waals surface area contributed by atoms with Gasteiger partial charge in [0.15, 0.2) is 5.13 Å². The number of nitrogens with zero attached hydrogens (tertiary/aromatic N) is 1. The summed E-state index contributed by atoms with van der Waals surface area (Å²) in [5.41, 5.74) is 1.67. The second-order valence-electron chi connectivity index (χ2n) is 4.97. The molecule has 0 bridgehead atoms. The van der Waals surface area contributed by atoms with Crippen LogP contribution in [0.5, 0.6) is 5.75 Å². The van der Waals surface area contributed by atoms with Gasteiger partial charge in [0.2, 0.25) is 0 Å². The van der Waals surface area contributed by atoms with Crippen molar-refractivity contribution in [1.82, 2.24) is 4.98 Å². The van der Waals surface area contributed by atoms with Crippen LogP contribution in [0.25, 0.3) is 11.3 Å². The number of hydrogen-bond donors (Lipinski definition) is 1. The molecule has 0 aliphatic carbocycles. The summed E-state index contributed by atoms with van der Waals surface area (Å²) in [6.07, 6.45) is 0. The molecule has 4 nitrogen and oxygen atoms in total. The number of ether oxygens (including phenoxy) is 1. The van der Waals surface area contributed by atoms with Crippen LogP contribution < -0.4 is 10.1 Å². The molecule has 0 saturated heterocycles. The Hall–Kier alpha value is -1.96. The number of thiazole rings is 1. The van der Waals surface area contributed by atoms with Crippen LogP contribution in [0.2, 0.25) is 5.02 Å². The Balaban J connectivity index is 1.81. The molecule has 3 rings (SSSR count). The largest absolute Gasteiger partial charge is 0.495 e. The van der Waals surface area contributed by atoms with Gasteiger partial charge in [0.1, 0.15) is 11.6 Å². The quantitative estimate of drug-likeness (QED) is 0.571. The molecule has 0 aliphatic heterocycles. The lowest BCUT2D eigenvalue weighted by Gasteiger charge is -2.05. The highest BCUT2D eigenvalue weighted by molar-refractivity contribution is 9.10. The fraction of sp³-hybridized carbons (Fsp3) is 0.0588. The minimum absolute atomic E-state index is 0.198. The SMILES string of the molecule is COc1ccc(-c2csc(NC(=O)c3cc(F)ccc3Br)n2)cc1Cl. The molecule has 1 heterocycles. The maximum atomic E-state index is 13.3. The van der Waals surface area contributed by atoms with Gasteiger partial charge >= 0.3 is 0 Å². The Morgan fingerprint density at radius 3 is 2.84 bits per heavy atom. The van der Waals surface area contributed by atoms with Gasteiger partial charge < -0.3 is 4.74 Å². The van der Waals surface area contributed by atoms with Crippen LogP contribution in [0.3, 0.4) is 0 Å². The van der Waals surface area contributed by atoms with Crippen LogP contribution in [-0.2, 0) is 0 Å². The highest BCUT2D eigenvalue weighted by Crippen LogP contribution is 2.32. The van der Waals surface area contributed by atoms with Crippen molar-refractivity contribution in [3.63, 3.8) is 0 Å². The molecule has 1 N–H and O–H groups in total. The first-order chi connectivity index (χ1) is 12.0. The van der Waals surface area contributed by atoms with E-state index in [1.807, 2.05) is 6.07 Å². The number of benzene rings is 2. The lowest BCUT2D eigenvalue weighted by Crippen LogP contribution is -2.12. The van der Waals surface area contributed by atoms with Gasteiger partial charge in [0.25, 0.3) is 5.91 Å². The molecule has 128 valence electrons. The van der Waals surface area contributed by atoms with Crippen LogP contribution in [0, 0.1) is 5.82 Å². The molecule has 1 amide bonds. The topological polar surface area (TPSA) is 51.2 Å². The summed E-state index contributed by atoms with van der Waals surface area (Å²) in [7, 11) is 1.54. The second-order valence-corrected chi connectivity index (χ2v) is 7.09. The number of carbonyl (C=O) groups excluding carboxylic acids is 1. The van der Waals surface area contributed by atoms with Crippen LogP contribution in [0.1, 0.15) is 10.4 Å². The Kier molecular flexibility index (Phi) is 5.36. The summed E-state index contributed by atoms with van der Waals surface area (Å²) in [5, 5.41) is 5.35. The van der Waals surface area contributed by atoms with E-state index in [1.165, 1.54) is 23.5 Å². The highest BCUT2D eigenvalue weighted by Gasteiger charge is 2.14. The first-order valence-corrected chi connectivity index (χ1v) is 9.09. The van der Waals surface area contributed by atoms with Crippen LogP contribution in [0.4, 0.5) is 9.52 Å². The molecule has 25 heavy (non-hydrogen) atoms. The molecule has 0 fully saturated rings. The van der Waals surface area contributed by atoms with Crippen molar-refractivity contribution in [2.24, 2.45) is 0 Å². The predicted molar refractivity (Wildman–Crippen MR) is 101 cm³/mol. The van der Waals surface area contributed by atoms with Gasteiger partial charge in [0.05, 0.1) is 23.4 Å². The fourth-order valence-electron chi connectivity index (χ4n) is 2.13. The van der Waals surface area contributed by atoms with Gasteiger partial charge in [-0.05, 0) is 52.3 Å². The van der Waals surface area contributed by atoms with Crippen LogP contribution in [0.15, 0.2) is 46.3 Å². The maximum absolute atomic E-state index is 13.3. The Morgan fingerprint density at radius 2 is 2.12 bits per heavy atom. The third kappa shape index (κ3) is 4.00. The number of nitrogens with one attached hydrogen (secondary N) is 1. The third-order valence-electron chi connectivity index (χ3n) is 3.35. The molecule has 2 aromatic carbocycles. The van der Waals surface area contributed by atoms with E-state index >= 15 is 0 Å². The number of anilines is 1. The molecular weight excluding hydrogens is 431 g/mol. The van der Waals surface area contributed by atoms with Crippen molar-refractivity contribution in [3.05, 3.63) is 62.7 Å². The standard InChI is InChI=1S/C17H11BrClFN2O2S/c1-24-15-5-2-9(6-13(15)19)14-8-25-17(21-14)22-16(23)11-7-10(20)3-4-12(11)18/h2-8H,1H3,(H,21,22,23). The van der Waals surface area contributed by atoms with E-state index in [0.29, 0.717) is 26.1 Å². The average molecular weight is 442 g/mol. The van der Waals surface area contributed by atoms with E-state index in [2.05, 4.69) is 26.2 Å². The van der Waals surface area contributed by atoms with Gasteiger partial charge in [-0.25, -0.2) is 9.37 Å². The smallest absolute Gasteiger partial charge is 0.258 e. The molecule has 0 spiro atoms. The van der Waals surface area contributed by atoms with Crippen LogP contribution in [-0.4, -0.2) is 18.0 Å². The summed E-state index contributed by atoms with van der Waals surface area (Å²) in [6.45, 7) is 0. The van der Waals surface area contributed by atoms with Crippen LogP contribution >= 0.6 is 38.9 Å². The molecule has 1 aromatic heterocycles. The molecule has 0 atom stereocenters. The van der Waals surface area contributed by atoms with E-state index in [-0.39, 0.29) is 5.56 Å². The van der Waals surface area contributed by atoms with Crippen molar-refractivity contribution in [3.8, 4) is 17.0 Å². The summed E-state index contributed by atoms with van der Waals surface area (Å²) in [4.78, 5) is 16.7. The Bertz CT molecular complexity index is 948. The van der Waals surface area contributed by atoms with Gasteiger partial charge in [-0.2, -0.15) is 0 Å². The van der Waals surface area contributed by atoms with Crippen molar-refractivity contribution < 1.29 is 13.9 Å². The zero-order valence-electron chi connectivity index (χ0n) is 12.8. The monoisotopic (exact) mass is 440 g/mol. The minimum atomic E-state index is -0.485. The van der Waals surface area contributed by atoms with Gasteiger partial charge in [0, 0.05) is 15.4 Å². The zero-order chi connectivity index (χ0) is 18.0. The second kappa shape index (κ2) is 7.51. The predicted octanol–water partition coefficient (Wildman–Crippen LogP) is 5.63. The number of aromatic nitrogens is 1. The van der Waals surface area contributed by atoms with Crippen molar-refractivity contribution in [2.75, 3.05) is 12.4 Å². The Morgan fingerprint density at radius 1 is 1.32 bits per heavy atom. The van der Waals surface area contributed by atoms with Crippen molar-refractivity contribution in [2.45, 2.75) is 0 Å². The zero-order valence-corrected chi connectivity index (χ0v) is 16.0. The lowest BCUT2D eigenvalue weighted by atomic mass is 10.2. The molecule has 3 aromatic rings. The third-order valence-corrected chi connectivity index (χ3v) is 5.09. The van der Waals surface area contributed by atoms with E-state index in [9.17, 15) is 9.18 Å². The molecule has 0 saturated carbocycles. The molecular formula is C17H11BrClFN2O2S. The van der Waals surface area contributed by atoms with E-state index in [0.717, 1.165) is 11.6 Å². The van der Waals surface area contributed by atoms with Gasteiger partial charge in [-0.3, -0.25) is 10.1 Å². The number of halogens is 3. The van der Waals surface area contributed by atoms with E-state index in [4.69, 9.17) is 16.3 Å².